The van der Waals surface area contributed by atoms with Gasteiger partial charge in [-0.2, -0.15) is 0 Å². The van der Waals surface area contributed by atoms with Crippen molar-refractivity contribution in [2.24, 2.45) is 0 Å². The Hall–Kier alpha value is -1.02. The van der Waals surface area contributed by atoms with E-state index in [1.807, 2.05) is 6.07 Å². The first-order chi connectivity index (χ1) is 7.68. The van der Waals surface area contributed by atoms with E-state index in [0.29, 0.717) is 11.5 Å². The van der Waals surface area contributed by atoms with E-state index < -0.39 is 0 Å². The second-order valence-electron chi connectivity index (χ2n) is 5.02. The van der Waals surface area contributed by atoms with E-state index in [-0.39, 0.29) is 0 Å². The second-order valence-corrected chi connectivity index (χ2v) is 5.02. The molecule has 1 aromatic carbocycles. The molecule has 0 spiro atoms. The van der Waals surface area contributed by atoms with E-state index in [0.717, 1.165) is 12.3 Å². The smallest absolute Gasteiger partial charge is 0.122 e. The van der Waals surface area contributed by atoms with Gasteiger partial charge in [0.05, 0.1) is 7.11 Å². The first kappa shape index (κ1) is 11.5. The fourth-order valence-electron chi connectivity index (χ4n) is 2.17. The van der Waals surface area contributed by atoms with Crippen molar-refractivity contribution in [3.8, 4) is 5.75 Å². The molecule has 0 aliphatic heterocycles. The summed E-state index contributed by atoms with van der Waals surface area (Å²) in [5, 5.41) is 3.54. The topological polar surface area (TPSA) is 21.3 Å². The van der Waals surface area contributed by atoms with Crippen molar-refractivity contribution in [2.45, 2.75) is 38.1 Å². The lowest BCUT2D eigenvalue weighted by molar-refractivity contribution is 0.400. The largest absolute Gasteiger partial charge is 0.496 e. The molecule has 1 N–H and O–H groups in total. The molecule has 1 saturated carbocycles. The van der Waals surface area contributed by atoms with Crippen LogP contribution in [0.15, 0.2) is 24.3 Å². The monoisotopic (exact) mass is 219 g/mol. The molecule has 16 heavy (non-hydrogen) atoms. The van der Waals surface area contributed by atoms with E-state index in [4.69, 9.17) is 4.74 Å². The molecule has 1 aliphatic carbocycles. The number of hydrogen-bond acceptors (Lipinski definition) is 2. The quantitative estimate of drug-likeness (QED) is 0.822. The summed E-state index contributed by atoms with van der Waals surface area (Å²) in [4.78, 5) is 0. The SMILES string of the molecule is COc1ccccc1C1(CNC(C)C)CC1. The zero-order valence-corrected chi connectivity index (χ0v) is 10.4. The first-order valence-electron chi connectivity index (χ1n) is 6.05. The van der Waals surface area contributed by atoms with Crippen molar-refractivity contribution >= 4 is 0 Å². The summed E-state index contributed by atoms with van der Waals surface area (Å²) in [7, 11) is 1.75. The van der Waals surface area contributed by atoms with Crippen LogP contribution in [0.2, 0.25) is 0 Å². The molecule has 1 aliphatic rings. The van der Waals surface area contributed by atoms with Gasteiger partial charge in [-0.3, -0.25) is 0 Å². The van der Waals surface area contributed by atoms with Gasteiger partial charge in [-0.1, -0.05) is 32.0 Å². The summed E-state index contributed by atoms with van der Waals surface area (Å²) in [5.41, 5.74) is 1.70. The van der Waals surface area contributed by atoms with Gasteiger partial charge in [0.25, 0.3) is 0 Å². The zero-order chi connectivity index (χ0) is 11.6. The molecule has 1 aromatic rings. The number of hydrogen-bond donors (Lipinski definition) is 1. The average molecular weight is 219 g/mol. The maximum absolute atomic E-state index is 5.45. The van der Waals surface area contributed by atoms with Gasteiger partial charge in [-0.15, -0.1) is 0 Å². The standard InChI is InChI=1S/C14H21NO/c1-11(2)15-10-14(8-9-14)12-6-4-5-7-13(12)16-3/h4-7,11,15H,8-10H2,1-3H3. The summed E-state index contributed by atoms with van der Waals surface area (Å²) < 4.78 is 5.45. The number of nitrogens with one attached hydrogen (secondary N) is 1. The van der Waals surface area contributed by atoms with Crippen LogP contribution in [-0.2, 0) is 5.41 Å². The number of para-hydroxylation sites is 1. The van der Waals surface area contributed by atoms with Crippen LogP contribution in [0.25, 0.3) is 0 Å². The molecule has 0 unspecified atom stereocenters. The summed E-state index contributed by atoms with van der Waals surface area (Å²) in [5.74, 6) is 1.03. The third-order valence-corrected chi connectivity index (χ3v) is 3.38. The predicted octanol–water partition coefficient (Wildman–Crippen LogP) is 2.72. The molecular formula is C14H21NO. The van der Waals surface area contributed by atoms with Crippen LogP contribution >= 0.6 is 0 Å². The molecule has 0 atom stereocenters. The Bertz CT molecular complexity index is 356. The fourth-order valence-corrected chi connectivity index (χ4v) is 2.17. The Kier molecular flexibility index (Phi) is 3.20. The number of ether oxygens (including phenoxy) is 1. The fraction of sp³-hybridized carbons (Fsp3) is 0.571. The van der Waals surface area contributed by atoms with Crippen molar-refractivity contribution < 1.29 is 4.74 Å². The van der Waals surface area contributed by atoms with Gasteiger partial charge in [-0.05, 0) is 18.9 Å². The lowest BCUT2D eigenvalue weighted by atomic mass is 9.94. The molecule has 0 heterocycles. The minimum atomic E-state index is 0.330. The summed E-state index contributed by atoms with van der Waals surface area (Å²) >= 11 is 0. The van der Waals surface area contributed by atoms with Gasteiger partial charge < -0.3 is 10.1 Å². The minimum absolute atomic E-state index is 0.330. The zero-order valence-electron chi connectivity index (χ0n) is 10.4. The van der Waals surface area contributed by atoms with Crippen LogP contribution in [-0.4, -0.2) is 19.7 Å². The molecule has 1 fully saturated rings. The minimum Gasteiger partial charge on any atom is -0.496 e. The van der Waals surface area contributed by atoms with Gasteiger partial charge in [0.1, 0.15) is 5.75 Å². The molecule has 2 heteroatoms. The van der Waals surface area contributed by atoms with Crippen molar-refractivity contribution in [2.75, 3.05) is 13.7 Å². The van der Waals surface area contributed by atoms with Gasteiger partial charge in [0.2, 0.25) is 0 Å². The third kappa shape index (κ3) is 2.22. The maximum atomic E-state index is 5.45. The van der Waals surface area contributed by atoms with Crippen molar-refractivity contribution in [3.63, 3.8) is 0 Å². The lowest BCUT2D eigenvalue weighted by Gasteiger charge is -2.20. The number of methoxy groups -OCH3 is 1. The van der Waals surface area contributed by atoms with Crippen LogP contribution in [0.1, 0.15) is 32.3 Å². The van der Waals surface area contributed by atoms with Gasteiger partial charge >= 0.3 is 0 Å². The Morgan fingerprint density at radius 2 is 2.00 bits per heavy atom. The molecule has 0 aromatic heterocycles. The van der Waals surface area contributed by atoms with Crippen LogP contribution < -0.4 is 10.1 Å². The lowest BCUT2D eigenvalue weighted by Crippen LogP contribution is -2.32. The van der Waals surface area contributed by atoms with Crippen molar-refractivity contribution in [1.29, 1.82) is 0 Å². The molecule has 0 radical (unpaired) electrons. The Balaban J connectivity index is 2.16. The Labute approximate surface area is 98.0 Å². The highest BCUT2D eigenvalue weighted by atomic mass is 16.5. The highest BCUT2D eigenvalue weighted by Crippen LogP contribution is 2.50. The molecule has 0 bridgehead atoms. The predicted molar refractivity (Wildman–Crippen MR) is 67.0 cm³/mol. The van der Waals surface area contributed by atoms with Crippen LogP contribution in [0.4, 0.5) is 0 Å². The van der Waals surface area contributed by atoms with E-state index in [1.54, 1.807) is 7.11 Å². The van der Waals surface area contributed by atoms with Gasteiger partial charge in [0, 0.05) is 23.6 Å². The van der Waals surface area contributed by atoms with Gasteiger partial charge in [-0.25, -0.2) is 0 Å². The van der Waals surface area contributed by atoms with Gasteiger partial charge in [0.15, 0.2) is 0 Å². The number of rotatable bonds is 5. The van der Waals surface area contributed by atoms with Crippen molar-refractivity contribution in [1.82, 2.24) is 5.32 Å². The molecule has 0 saturated heterocycles. The van der Waals surface area contributed by atoms with E-state index in [9.17, 15) is 0 Å². The highest BCUT2D eigenvalue weighted by Gasteiger charge is 2.45. The molecule has 2 rings (SSSR count). The van der Waals surface area contributed by atoms with Crippen LogP contribution in [0.5, 0.6) is 5.75 Å². The molecule has 0 amide bonds. The summed E-state index contributed by atoms with van der Waals surface area (Å²) in [6, 6.07) is 8.95. The summed E-state index contributed by atoms with van der Waals surface area (Å²) in [6.07, 6.45) is 2.54. The van der Waals surface area contributed by atoms with Crippen LogP contribution in [0.3, 0.4) is 0 Å². The molecule has 88 valence electrons. The molecular weight excluding hydrogens is 198 g/mol. The normalized spacial score (nSPS) is 17.5. The van der Waals surface area contributed by atoms with E-state index in [2.05, 4.69) is 37.4 Å². The molecule has 2 nitrogen and oxygen atoms in total. The Morgan fingerprint density at radius 1 is 1.31 bits per heavy atom. The third-order valence-electron chi connectivity index (χ3n) is 3.38. The Morgan fingerprint density at radius 3 is 2.56 bits per heavy atom. The average Bonchev–Trinajstić information content (AvgIpc) is 3.07. The first-order valence-corrected chi connectivity index (χ1v) is 6.05. The van der Waals surface area contributed by atoms with E-state index >= 15 is 0 Å². The van der Waals surface area contributed by atoms with Crippen LogP contribution in [0, 0.1) is 0 Å². The number of benzene rings is 1. The highest BCUT2D eigenvalue weighted by molar-refractivity contribution is 5.43. The van der Waals surface area contributed by atoms with E-state index in [1.165, 1.54) is 18.4 Å². The summed E-state index contributed by atoms with van der Waals surface area (Å²) in [6.45, 7) is 5.45. The second kappa shape index (κ2) is 4.46. The van der Waals surface area contributed by atoms with Crippen molar-refractivity contribution in [3.05, 3.63) is 29.8 Å². The maximum Gasteiger partial charge on any atom is 0.122 e.